The lowest BCUT2D eigenvalue weighted by Crippen LogP contribution is -2.59. The maximum absolute atomic E-state index is 14.2. The van der Waals surface area contributed by atoms with Crippen LogP contribution in [0.15, 0.2) is 59.0 Å². The van der Waals surface area contributed by atoms with Crippen molar-refractivity contribution in [3.63, 3.8) is 0 Å². The number of aliphatic imine (C=N–C) groups is 1. The minimum atomic E-state index is -1.00. The number of rotatable bonds is 18. The van der Waals surface area contributed by atoms with Crippen LogP contribution < -0.4 is 16.0 Å². The molecule has 5 aromatic rings. The molecular formula is C50H62ClN9O7S2. The number of aryl methyl sites for hydroxylation is 3. The van der Waals surface area contributed by atoms with Crippen molar-refractivity contribution in [2.45, 2.75) is 118 Å². The van der Waals surface area contributed by atoms with Gasteiger partial charge in [0.25, 0.3) is 0 Å². The summed E-state index contributed by atoms with van der Waals surface area (Å²) < 4.78 is 13.6. The molecular weight excluding hydrogens is 938 g/mol. The Morgan fingerprint density at radius 1 is 0.942 bits per heavy atom. The first-order valence-corrected chi connectivity index (χ1v) is 25.3. The molecule has 0 saturated carbocycles. The minimum absolute atomic E-state index is 0.0346. The molecule has 368 valence electrons. The summed E-state index contributed by atoms with van der Waals surface area (Å²) in [6.07, 6.45) is -1.18. The van der Waals surface area contributed by atoms with Gasteiger partial charge in [-0.05, 0) is 82.2 Å². The number of fused-ring (bicyclic) bond motifs is 3. The summed E-state index contributed by atoms with van der Waals surface area (Å²) in [6.45, 7) is 18.0. The number of aliphatic hydroxyl groups excluding tert-OH is 1. The molecule has 4 amide bonds. The highest BCUT2D eigenvalue weighted by Gasteiger charge is 2.45. The number of halogens is 1. The smallest absolute Gasteiger partial charge is 0.249 e. The van der Waals surface area contributed by atoms with E-state index in [1.165, 1.54) is 4.90 Å². The summed E-state index contributed by atoms with van der Waals surface area (Å²) in [5, 5.41) is 30.0. The predicted octanol–water partition coefficient (Wildman–Crippen LogP) is 6.92. The number of hydrogen-bond donors (Lipinski definition) is 4. The van der Waals surface area contributed by atoms with E-state index in [4.69, 9.17) is 26.1 Å². The maximum Gasteiger partial charge on any atom is 0.249 e. The Labute approximate surface area is 416 Å². The molecule has 3 aromatic heterocycles. The zero-order valence-corrected chi connectivity index (χ0v) is 43.0. The molecule has 0 spiro atoms. The summed E-state index contributed by atoms with van der Waals surface area (Å²) in [5.74, 6) is -0.219. The number of likely N-dealkylation sites (tertiary alicyclic amines) is 1. The molecule has 0 bridgehead atoms. The highest BCUT2D eigenvalue weighted by Crippen LogP contribution is 2.40. The van der Waals surface area contributed by atoms with Gasteiger partial charge in [0.15, 0.2) is 5.82 Å². The quantitative estimate of drug-likeness (QED) is 0.0668. The molecule has 19 heteroatoms. The zero-order valence-electron chi connectivity index (χ0n) is 40.6. The number of nitrogens with zero attached hydrogens (tertiary/aromatic N) is 6. The Hall–Kier alpha value is -5.37. The number of thiophene rings is 1. The third-order valence-corrected chi connectivity index (χ3v) is 14.9. The number of nitrogens with one attached hydrogen (secondary N) is 3. The summed E-state index contributed by atoms with van der Waals surface area (Å²) in [7, 11) is 0. The SMILES string of the molecule is Cc1ncsc1-c1ccc([C@H](C)NC(=O)[C@@H]2C[C@@H](O)CN2C(=O)[C@@H](NC(=O)C(C)OCCCOCCNC(=O)C[C@@H]2N=C(c3ccc(Cl)cc3)c3c(sc(C)c3C)-n3c(C)nnc32)C(C)(C)C)cc1. The summed E-state index contributed by atoms with van der Waals surface area (Å²) in [5.41, 5.74) is 7.74. The molecule has 2 aliphatic rings. The van der Waals surface area contributed by atoms with Crippen LogP contribution in [0.1, 0.15) is 110 Å². The third kappa shape index (κ3) is 12.0. The molecule has 6 atom stereocenters. The predicted molar refractivity (Wildman–Crippen MR) is 268 cm³/mol. The van der Waals surface area contributed by atoms with Crippen LogP contribution in [0.2, 0.25) is 5.02 Å². The minimum Gasteiger partial charge on any atom is -0.391 e. The second-order valence-electron chi connectivity index (χ2n) is 18.8. The van der Waals surface area contributed by atoms with E-state index in [0.717, 1.165) is 54.0 Å². The number of β-amino-alcohol motifs (C(OH)–C–C–N with tert-alkyl or cyclic N) is 1. The third-order valence-electron chi connectivity index (χ3n) is 12.5. The van der Waals surface area contributed by atoms with Gasteiger partial charge in [-0.1, -0.05) is 68.8 Å². The van der Waals surface area contributed by atoms with Crippen LogP contribution in [0.25, 0.3) is 15.4 Å². The number of amides is 4. The van der Waals surface area contributed by atoms with E-state index in [9.17, 15) is 24.3 Å². The highest BCUT2D eigenvalue weighted by atomic mass is 35.5. The van der Waals surface area contributed by atoms with Crippen LogP contribution in [0.3, 0.4) is 0 Å². The molecule has 1 saturated heterocycles. The van der Waals surface area contributed by atoms with Crippen LogP contribution in [-0.4, -0.2) is 116 Å². The second kappa shape index (κ2) is 22.2. The van der Waals surface area contributed by atoms with Gasteiger partial charge in [-0.2, -0.15) is 0 Å². The lowest BCUT2D eigenvalue weighted by Gasteiger charge is -2.36. The second-order valence-corrected chi connectivity index (χ2v) is 21.3. The van der Waals surface area contributed by atoms with Crippen LogP contribution in [0, 0.1) is 33.1 Å². The lowest BCUT2D eigenvalue weighted by molar-refractivity contribution is -0.146. The molecule has 1 fully saturated rings. The fraction of sp³-hybridized carbons (Fsp3) is 0.480. The van der Waals surface area contributed by atoms with Crippen molar-refractivity contribution < 1.29 is 33.8 Å². The van der Waals surface area contributed by atoms with Crippen molar-refractivity contribution >= 4 is 63.6 Å². The monoisotopic (exact) mass is 999 g/mol. The van der Waals surface area contributed by atoms with Gasteiger partial charge in [0.1, 0.15) is 35.1 Å². The largest absolute Gasteiger partial charge is 0.391 e. The van der Waals surface area contributed by atoms with Gasteiger partial charge in [-0.15, -0.1) is 32.9 Å². The number of carbonyl (C=O) groups is 4. The van der Waals surface area contributed by atoms with E-state index in [0.29, 0.717) is 29.7 Å². The maximum atomic E-state index is 14.2. The zero-order chi connectivity index (χ0) is 49.7. The van der Waals surface area contributed by atoms with Crippen LogP contribution >= 0.6 is 34.3 Å². The first kappa shape index (κ1) is 51.5. The fourth-order valence-electron chi connectivity index (χ4n) is 8.52. The van der Waals surface area contributed by atoms with Gasteiger partial charge in [-0.3, -0.25) is 28.7 Å². The molecule has 4 N–H and O–H groups in total. The van der Waals surface area contributed by atoms with Gasteiger partial charge in [0.2, 0.25) is 23.6 Å². The summed E-state index contributed by atoms with van der Waals surface area (Å²) in [6, 6.07) is 12.6. The molecule has 16 nitrogen and oxygen atoms in total. The van der Waals surface area contributed by atoms with E-state index in [2.05, 4.69) is 45.0 Å². The topological polar surface area (TPSA) is 202 Å². The molecule has 5 heterocycles. The Morgan fingerprint density at radius 2 is 1.65 bits per heavy atom. The Balaban J connectivity index is 0.855. The average Bonchev–Trinajstić information content (AvgIpc) is 4.08. The molecule has 2 aliphatic heterocycles. The lowest BCUT2D eigenvalue weighted by atomic mass is 9.85. The van der Waals surface area contributed by atoms with Crippen LogP contribution in [0.4, 0.5) is 0 Å². The number of aliphatic hydroxyl groups is 1. The van der Waals surface area contributed by atoms with Gasteiger partial charge >= 0.3 is 0 Å². The number of aromatic nitrogens is 4. The molecule has 0 radical (unpaired) electrons. The molecule has 69 heavy (non-hydrogen) atoms. The molecule has 7 rings (SSSR count). The Kier molecular flexibility index (Phi) is 16.5. The fourth-order valence-corrected chi connectivity index (χ4v) is 10.7. The standard InChI is InChI=1S/C50H62ClN9O7S2/c1-27-31(5)69-49-41(27)42(34-15-17-36(51)18-16-34)55-38(45-58-57-32(6)60(45)49)24-40(62)52-19-22-66-20-10-21-67-30(4)46(63)56-44(50(7,8)9)48(65)59-25-37(61)23-39(59)47(64)54-28(2)33-11-13-35(14-12-33)43-29(3)53-26-68-43/h11-18,26,28,30,37-39,44,61H,10,19-25H2,1-9H3,(H,52,62)(H,54,64)(H,56,63)/t28-,30?,37+,38-,39-,44+/m0/s1. The average molecular weight is 1000 g/mol. The first-order valence-electron chi connectivity index (χ1n) is 23.2. The number of thiazole rings is 1. The van der Waals surface area contributed by atoms with Crippen molar-refractivity contribution in [2.75, 3.05) is 32.9 Å². The van der Waals surface area contributed by atoms with Crippen molar-refractivity contribution in [3.05, 3.63) is 104 Å². The number of carbonyl (C=O) groups excluding carboxylic acids is 4. The van der Waals surface area contributed by atoms with Crippen molar-refractivity contribution in [2.24, 2.45) is 10.4 Å². The van der Waals surface area contributed by atoms with Gasteiger partial charge in [0.05, 0.1) is 47.0 Å². The van der Waals surface area contributed by atoms with Crippen molar-refractivity contribution in [3.8, 4) is 15.4 Å². The normalized spacial score (nSPS) is 18.1. The van der Waals surface area contributed by atoms with E-state index in [1.54, 1.807) is 29.6 Å². The molecule has 2 aromatic carbocycles. The van der Waals surface area contributed by atoms with E-state index >= 15 is 0 Å². The summed E-state index contributed by atoms with van der Waals surface area (Å²) in [4.78, 5) is 67.8. The summed E-state index contributed by atoms with van der Waals surface area (Å²) >= 11 is 9.46. The van der Waals surface area contributed by atoms with E-state index < -0.39 is 47.6 Å². The van der Waals surface area contributed by atoms with Crippen molar-refractivity contribution in [1.82, 2.24) is 40.6 Å². The van der Waals surface area contributed by atoms with Gasteiger partial charge < -0.3 is 35.4 Å². The van der Waals surface area contributed by atoms with Crippen LogP contribution in [0.5, 0.6) is 0 Å². The van der Waals surface area contributed by atoms with E-state index in [-0.39, 0.29) is 57.0 Å². The molecule has 0 aliphatic carbocycles. The Bertz CT molecular complexity index is 2670. The van der Waals surface area contributed by atoms with Gasteiger partial charge in [0, 0.05) is 53.8 Å². The van der Waals surface area contributed by atoms with Gasteiger partial charge in [-0.25, -0.2) is 4.98 Å². The Morgan fingerprint density at radius 3 is 2.33 bits per heavy atom. The molecule has 1 unspecified atom stereocenters. The number of hydrogen-bond acceptors (Lipinski definition) is 13. The number of benzene rings is 2. The highest BCUT2D eigenvalue weighted by molar-refractivity contribution is 7.15. The van der Waals surface area contributed by atoms with Crippen molar-refractivity contribution in [1.29, 1.82) is 0 Å². The number of ether oxygens (including phenoxy) is 2. The van der Waals surface area contributed by atoms with E-state index in [1.807, 2.05) is 100 Å². The van der Waals surface area contributed by atoms with Crippen LogP contribution in [-0.2, 0) is 28.7 Å². The first-order chi connectivity index (χ1) is 32.8.